The minimum absolute atomic E-state index is 0.0825. The highest BCUT2D eigenvalue weighted by atomic mass is 16.3. The molecule has 5 nitrogen and oxygen atoms in total. The summed E-state index contributed by atoms with van der Waals surface area (Å²) in [6.45, 7) is 0. The van der Waals surface area contributed by atoms with E-state index in [9.17, 15) is 9.59 Å². The first kappa shape index (κ1) is 11.3. The molecule has 0 spiro atoms. The van der Waals surface area contributed by atoms with Gasteiger partial charge in [0.1, 0.15) is 6.26 Å². The highest BCUT2D eigenvalue weighted by molar-refractivity contribution is 5.90. The Hall–Kier alpha value is -1.78. The van der Waals surface area contributed by atoms with E-state index in [1.54, 1.807) is 6.07 Å². The number of nitrogens with two attached hydrogens (primary N) is 1. The molecule has 2 amide bonds. The molecule has 0 bridgehead atoms. The Balaban J connectivity index is 2.11. The first-order valence-electron chi connectivity index (χ1n) is 4.79. The predicted molar refractivity (Wildman–Crippen MR) is 55.0 cm³/mol. The summed E-state index contributed by atoms with van der Waals surface area (Å²) in [7, 11) is 0. The first-order valence-corrected chi connectivity index (χ1v) is 4.79. The molecule has 0 atom stereocenters. The maximum Gasteiger partial charge on any atom is 0.224 e. The number of unbranched alkanes of at least 4 members (excludes halogenated alkanes) is 1. The van der Waals surface area contributed by atoms with Gasteiger partial charge in [-0.2, -0.15) is 0 Å². The molecule has 0 radical (unpaired) electrons. The fourth-order valence-electron chi connectivity index (χ4n) is 1.14. The third kappa shape index (κ3) is 4.85. The summed E-state index contributed by atoms with van der Waals surface area (Å²) in [5, 5.41) is 2.66. The van der Waals surface area contributed by atoms with Gasteiger partial charge < -0.3 is 15.5 Å². The molecule has 0 aromatic carbocycles. The van der Waals surface area contributed by atoms with E-state index in [0.717, 1.165) is 0 Å². The van der Waals surface area contributed by atoms with E-state index in [0.29, 0.717) is 31.4 Å². The molecular formula is C10H14N2O3. The third-order valence-electron chi connectivity index (χ3n) is 1.88. The lowest BCUT2D eigenvalue weighted by Crippen LogP contribution is -2.12. The minimum atomic E-state index is -0.328. The van der Waals surface area contributed by atoms with Crippen LogP contribution in [0.5, 0.6) is 0 Å². The molecule has 0 unspecified atom stereocenters. The van der Waals surface area contributed by atoms with Gasteiger partial charge in [-0.3, -0.25) is 9.59 Å². The zero-order valence-electron chi connectivity index (χ0n) is 8.36. The van der Waals surface area contributed by atoms with Crippen LogP contribution in [0.2, 0.25) is 0 Å². The van der Waals surface area contributed by atoms with Crippen LogP contribution in [0, 0.1) is 0 Å². The number of carbonyl (C=O) groups excluding carboxylic acids is 2. The summed E-state index contributed by atoms with van der Waals surface area (Å²) < 4.78 is 4.80. The lowest BCUT2D eigenvalue weighted by molar-refractivity contribution is -0.119. The minimum Gasteiger partial charge on any atom is -0.470 e. The van der Waals surface area contributed by atoms with Gasteiger partial charge in [0.15, 0.2) is 0 Å². The summed E-state index contributed by atoms with van der Waals surface area (Å²) in [5.41, 5.74) is 5.62. The highest BCUT2D eigenvalue weighted by Crippen LogP contribution is 2.08. The van der Waals surface area contributed by atoms with E-state index in [-0.39, 0.29) is 11.8 Å². The van der Waals surface area contributed by atoms with E-state index in [2.05, 4.69) is 5.32 Å². The van der Waals surface area contributed by atoms with Crippen molar-refractivity contribution in [3.63, 3.8) is 0 Å². The Morgan fingerprint density at radius 3 is 2.67 bits per heavy atom. The summed E-state index contributed by atoms with van der Waals surface area (Å²) in [6, 6.07) is 1.67. The molecule has 0 saturated heterocycles. The Kier molecular flexibility index (Phi) is 4.40. The van der Waals surface area contributed by atoms with Gasteiger partial charge in [-0.05, 0) is 18.9 Å². The average molecular weight is 210 g/mol. The number of amides is 2. The Morgan fingerprint density at radius 2 is 2.07 bits per heavy atom. The normalized spacial score (nSPS) is 9.87. The molecule has 0 aliphatic carbocycles. The first-order chi connectivity index (χ1) is 7.18. The van der Waals surface area contributed by atoms with E-state index >= 15 is 0 Å². The zero-order chi connectivity index (χ0) is 11.1. The van der Waals surface area contributed by atoms with Crippen LogP contribution in [-0.4, -0.2) is 11.8 Å². The second-order valence-corrected chi connectivity index (χ2v) is 3.23. The molecule has 0 aliphatic heterocycles. The van der Waals surface area contributed by atoms with E-state index in [4.69, 9.17) is 10.2 Å². The lowest BCUT2D eigenvalue weighted by atomic mass is 10.2. The van der Waals surface area contributed by atoms with Crippen molar-refractivity contribution in [2.24, 2.45) is 5.73 Å². The van der Waals surface area contributed by atoms with Gasteiger partial charge in [0, 0.05) is 12.8 Å². The van der Waals surface area contributed by atoms with Crippen molar-refractivity contribution in [1.82, 2.24) is 0 Å². The van der Waals surface area contributed by atoms with Crippen molar-refractivity contribution < 1.29 is 14.0 Å². The largest absolute Gasteiger partial charge is 0.470 e. The fraction of sp³-hybridized carbons (Fsp3) is 0.400. The van der Waals surface area contributed by atoms with Crippen LogP contribution in [0.15, 0.2) is 23.0 Å². The molecule has 1 rings (SSSR count). The van der Waals surface area contributed by atoms with Gasteiger partial charge in [0.25, 0.3) is 0 Å². The van der Waals surface area contributed by atoms with Gasteiger partial charge in [0.2, 0.25) is 11.8 Å². The SMILES string of the molecule is NC(=O)CCCCC(=O)Nc1ccoc1. The molecule has 1 aromatic heterocycles. The molecule has 82 valence electrons. The van der Waals surface area contributed by atoms with Gasteiger partial charge >= 0.3 is 0 Å². The molecular weight excluding hydrogens is 196 g/mol. The molecule has 1 heterocycles. The number of carbonyl (C=O) groups is 2. The molecule has 15 heavy (non-hydrogen) atoms. The number of hydrogen-bond donors (Lipinski definition) is 2. The van der Waals surface area contributed by atoms with Crippen molar-refractivity contribution >= 4 is 17.5 Å². The van der Waals surface area contributed by atoms with E-state index in [1.165, 1.54) is 12.5 Å². The third-order valence-corrected chi connectivity index (χ3v) is 1.88. The summed E-state index contributed by atoms with van der Waals surface area (Å²) in [4.78, 5) is 21.7. The second-order valence-electron chi connectivity index (χ2n) is 3.23. The van der Waals surface area contributed by atoms with Gasteiger partial charge in [0.05, 0.1) is 12.0 Å². The van der Waals surface area contributed by atoms with Crippen molar-refractivity contribution in [2.45, 2.75) is 25.7 Å². The van der Waals surface area contributed by atoms with Crippen LogP contribution < -0.4 is 11.1 Å². The van der Waals surface area contributed by atoms with Crippen LogP contribution in [0.25, 0.3) is 0 Å². The maximum atomic E-state index is 11.3. The molecule has 0 aliphatic rings. The standard InChI is InChI=1S/C10H14N2O3/c11-9(13)3-1-2-4-10(14)12-8-5-6-15-7-8/h5-7H,1-4H2,(H2,11,13)(H,12,14). The highest BCUT2D eigenvalue weighted by Gasteiger charge is 2.03. The fourth-order valence-corrected chi connectivity index (χ4v) is 1.14. The van der Waals surface area contributed by atoms with Crippen LogP contribution in [0.3, 0.4) is 0 Å². The van der Waals surface area contributed by atoms with Crippen LogP contribution >= 0.6 is 0 Å². The summed E-state index contributed by atoms with van der Waals surface area (Å²) >= 11 is 0. The van der Waals surface area contributed by atoms with Gasteiger partial charge in [-0.15, -0.1) is 0 Å². The molecule has 0 fully saturated rings. The predicted octanol–water partition coefficient (Wildman–Crippen LogP) is 1.26. The number of anilines is 1. The number of furan rings is 1. The van der Waals surface area contributed by atoms with E-state index in [1.807, 2.05) is 0 Å². The quantitative estimate of drug-likeness (QED) is 0.693. The van der Waals surface area contributed by atoms with Crippen LogP contribution in [0.4, 0.5) is 5.69 Å². The second kappa shape index (κ2) is 5.85. The summed E-state index contributed by atoms with van der Waals surface area (Å²) in [5.74, 6) is -0.411. The van der Waals surface area contributed by atoms with Gasteiger partial charge in [-0.25, -0.2) is 0 Å². The Labute approximate surface area is 87.6 Å². The number of rotatable bonds is 6. The topological polar surface area (TPSA) is 85.3 Å². The average Bonchev–Trinajstić information content (AvgIpc) is 2.64. The Morgan fingerprint density at radius 1 is 1.33 bits per heavy atom. The monoisotopic (exact) mass is 210 g/mol. The zero-order valence-corrected chi connectivity index (χ0v) is 8.36. The molecule has 3 N–H and O–H groups in total. The van der Waals surface area contributed by atoms with Crippen molar-refractivity contribution in [3.8, 4) is 0 Å². The molecule has 5 heteroatoms. The smallest absolute Gasteiger partial charge is 0.224 e. The van der Waals surface area contributed by atoms with Crippen LogP contribution in [-0.2, 0) is 9.59 Å². The van der Waals surface area contributed by atoms with E-state index < -0.39 is 0 Å². The van der Waals surface area contributed by atoms with Crippen molar-refractivity contribution in [2.75, 3.05) is 5.32 Å². The summed E-state index contributed by atoms with van der Waals surface area (Å²) in [6.07, 6.45) is 4.97. The van der Waals surface area contributed by atoms with Crippen molar-refractivity contribution in [1.29, 1.82) is 0 Å². The lowest BCUT2D eigenvalue weighted by Gasteiger charge is -2.01. The maximum absolute atomic E-state index is 11.3. The number of nitrogens with one attached hydrogen (secondary N) is 1. The van der Waals surface area contributed by atoms with Crippen LogP contribution in [0.1, 0.15) is 25.7 Å². The molecule has 1 aromatic rings. The van der Waals surface area contributed by atoms with Gasteiger partial charge in [-0.1, -0.05) is 0 Å². The van der Waals surface area contributed by atoms with Crippen molar-refractivity contribution in [3.05, 3.63) is 18.6 Å². The molecule has 0 saturated carbocycles. The Bertz CT molecular complexity index is 319. The number of hydrogen-bond acceptors (Lipinski definition) is 3. The number of primary amides is 1.